The second kappa shape index (κ2) is 3.16. The number of aromatic nitrogens is 2. The van der Waals surface area contributed by atoms with Gasteiger partial charge in [-0.3, -0.25) is 4.68 Å². The SMILES string of the molecule is Cc1ccnn1CCC(F)(F)F. The van der Waals surface area contributed by atoms with E-state index in [9.17, 15) is 13.2 Å². The molecule has 0 bridgehead atoms. The van der Waals surface area contributed by atoms with Gasteiger partial charge in [0, 0.05) is 18.4 Å². The maximum Gasteiger partial charge on any atom is 0.390 e. The molecule has 0 atom stereocenters. The molecule has 0 saturated carbocycles. The fourth-order valence-corrected chi connectivity index (χ4v) is 0.866. The minimum absolute atomic E-state index is 0.0949. The minimum Gasteiger partial charge on any atom is -0.270 e. The van der Waals surface area contributed by atoms with Crippen LogP contribution in [0.4, 0.5) is 13.2 Å². The second-order valence-electron chi connectivity index (χ2n) is 2.56. The quantitative estimate of drug-likeness (QED) is 0.678. The predicted octanol–water partition coefficient (Wildman–Crippen LogP) is 2.14. The van der Waals surface area contributed by atoms with Gasteiger partial charge in [-0.1, -0.05) is 0 Å². The van der Waals surface area contributed by atoms with Gasteiger partial charge in [0.1, 0.15) is 0 Å². The topological polar surface area (TPSA) is 17.8 Å². The van der Waals surface area contributed by atoms with Gasteiger partial charge < -0.3 is 0 Å². The first-order valence-corrected chi connectivity index (χ1v) is 3.54. The number of rotatable bonds is 2. The van der Waals surface area contributed by atoms with Crippen molar-refractivity contribution >= 4 is 0 Å². The summed E-state index contributed by atoms with van der Waals surface area (Å²) in [6, 6.07) is 1.68. The fraction of sp³-hybridized carbons (Fsp3) is 0.571. The molecule has 1 rings (SSSR count). The summed E-state index contributed by atoms with van der Waals surface area (Å²) in [6.07, 6.45) is -3.43. The Bertz CT molecular complexity index is 251. The second-order valence-corrected chi connectivity index (χ2v) is 2.56. The van der Waals surface area contributed by atoms with Crippen LogP contribution in [0.1, 0.15) is 12.1 Å². The first-order valence-electron chi connectivity index (χ1n) is 3.54. The average Bonchev–Trinajstić information content (AvgIpc) is 2.29. The Morgan fingerprint density at radius 1 is 1.50 bits per heavy atom. The van der Waals surface area contributed by atoms with Crippen molar-refractivity contribution in [3.8, 4) is 0 Å². The molecular weight excluding hydrogens is 169 g/mol. The number of aryl methyl sites for hydroxylation is 2. The third kappa shape index (κ3) is 2.56. The van der Waals surface area contributed by atoms with Gasteiger partial charge in [-0.2, -0.15) is 18.3 Å². The van der Waals surface area contributed by atoms with E-state index in [4.69, 9.17) is 0 Å². The maximum atomic E-state index is 11.7. The number of halogens is 3. The smallest absolute Gasteiger partial charge is 0.270 e. The van der Waals surface area contributed by atoms with Crippen LogP contribution in [0.25, 0.3) is 0 Å². The van der Waals surface area contributed by atoms with Gasteiger partial charge >= 0.3 is 6.18 Å². The molecule has 0 aliphatic heterocycles. The van der Waals surface area contributed by atoms with E-state index in [0.29, 0.717) is 0 Å². The molecule has 5 heteroatoms. The zero-order chi connectivity index (χ0) is 9.19. The zero-order valence-electron chi connectivity index (χ0n) is 6.60. The van der Waals surface area contributed by atoms with Crippen LogP contribution in [0.5, 0.6) is 0 Å². The van der Waals surface area contributed by atoms with Crippen LogP contribution in [-0.2, 0) is 6.54 Å². The normalized spacial score (nSPS) is 12.0. The largest absolute Gasteiger partial charge is 0.390 e. The van der Waals surface area contributed by atoms with Crippen LogP contribution >= 0.6 is 0 Å². The predicted molar refractivity (Wildman–Crippen MR) is 37.6 cm³/mol. The van der Waals surface area contributed by atoms with Crippen molar-refractivity contribution in [2.45, 2.75) is 26.1 Å². The molecular formula is C7H9F3N2. The molecule has 0 N–H and O–H groups in total. The molecule has 1 heterocycles. The minimum atomic E-state index is -4.10. The standard InChI is InChI=1S/C7H9F3N2/c1-6-2-4-11-12(6)5-3-7(8,9)10/h2,4H,3,5H2,1H3. The Labute approximate surface area is 68.0 Å². The molecule has 0 spiro atoms. The summed E-state index contributed by atoms with van der Waals surface area (Å²) in [5.41, 5.74) is 0.749. The highest BCUT2D eigenvalue weighted by Gasteiger charge is 2.26. The van der Waals surface area contributed by atoms with Gasteiger partial charge in [0.25, 0.3) is 0 Å². The van der Waals surface area contributed by atoms with Crippen molar-refractivity contribution in [3.05, 3.63) is 18.0 Å². The van der Waals surface area contributed by atoms with E-state index in [2.05, 4.69) is 5.10 Å². The molecule has 0 fully saturated rings. The lowest BCUT2D eigenvalue weighted by Crippen LogP contribution is -2.13. The summed E-state index contributed by atoms with van der Waals surface area (Å²) in [6.45, 7) is 1.63. The van der Waals surface area contributed by atoms with Crippen LogP contribution in [-0.4, -0.2) is 16.0 Å². The number of hydrogen-bond donors (Lipinski definition) is 0. The lowest BCUT2D eigenvalue weighted by Gasteiger charge is -2.06. The number of alkyl halides is 3. The van der Waals surface area contributed by atoms with Gasteiger partial charge in [-0.15, -0.1) is 0 Å². The van der Waals surface area contributed by atoms with Crippen LogP contribution in [0.3, 0.4) is 0 Å². The summed E-state index contributed by atoms with van der Waals surface area (Å²) >= 11 is 0. The highest BCUT2D eigenvalue weighted by molar-refractivity contribution is 4.96. The summed E-state index contributed by atoms with van der Waals surface area (Å²) in [5, 5.41) is 3.74. The van der Waals surface area contributed by atoms with Crippen LogP contribution in [0, 0.1) is 6.92 Å². The molecule has 68 valence electrons. The lowest BCUT2D eigenvalue weighted by atomic mass is 10.4. The van der Waals surface area contributed by atoms with E-state index in [1.165, 1.54) is 10.9 Å². The third-order valence-electron chi connectivity index (χ3n) is 1.54. The van der Waals surface area contributed by atoms with E-state index >= 15 is 0 Å². The Kier molecular flexibility index (Phi) is 2.40. The van der Waals surface area contributed by atoms with Crippen molar-refractivity contribution in [3.63, 3.8) is 0 Å². The molecule has 0 aromatic carbocycles. The average molecular weight is 178 g/mol. The van der Waals surface area contributed by atoms with Crippen molar-refractivity contribution in [2.75, 3.05) is 0 Å². The number of nitrogens with zero attached hydrogens (tertiary/aromatic N) is 2. The van der Waals surface area contributed by atoms with E-state index in [0.717, 1.165) is 5.69 Å². The summed E-state index contributed by atoms with van der Waals surface area (Å²) in [7, 11) is 0. The Morgan fingerprint density at radius 2 is 2.17 bits per heavy atom. The monoisotopic (exact) mass is 178 g/mol. The molecule has 0 unspecified atom stereocenters. The molecule has 0 saturated heterocycles. The van der Waals surface area contributed by atoms with E-state index in [-0.39, 0.29) is 6.54 Å². The van der Waals surface area contributed by atoms with Crippen LogP contribution in [0.15, 0.2) is 12.3 Å². The van der Waals surface area contributed by atoms with Crippen molar-refractivity contribution in [1.82, 2.24) is 9.78 Å². The van der Waals surface area contributed by atoms with E-state index in [1.54, 1.807) is 13.0 Å². The molecule has 1 aromatic rings. The molecule has 0 amide bonds. The first kappa shape index (κ1) is 9.09. The first-order chi connectivity index (χ1) is 5.49. The van der Waals surface area contributed by atoms with Crippen molar-refractivity contribution in [1.29, 1.82) is 0 Å². The Morgan fingerprint density at radius 3 is 2.58 bits per heavy atom. The number of hydrogen-bond acceptors (Lipinski definition) is 1. The molecule has 0 radical (unpaired) electrons. The van der Waals surface area contributed by atoms with Gasteiger partial charge in [0.2, 0.25) is 0 Å². The molecule has 1 aromatic heterocycles. The zero-order valence-corrected chi connectivity index (χ0v) is 6.60. The van der Waals surface area contributed by atoms with Gasteiger partial charge in [-0.25, -0.2) is 0 Å². The van der Waals surface area contributed by atoms with Gasteiger partial charge in [0.05, 0.1) is 6.42 Å². The van der Waals surface area contributed by atoms with E-state index in [1.807, 2.05) is 0 Å². The lowest BCUT2D eigenvalue weighted by molar-refractivity contribution is -0.137. The summed E-state index contributed by atoms with van der Waals surface area (Å²) in [4.78, 5) is 0. The summed E-state index contributed by atoms with van der Waals surface area (Å²) < 4.78 is 36.6. The highest BCUT2D eigenvalue weighted by Crippen LogP contribution is 2.20. The van der Waals surface area contributed by atoms with Crippen molar-refractivity contribution < 1.29 is 13.2 Å². The Balaban J connectivity index is 2.49. The fourth-order valence-electron chi connectivity index (χ4n) is 0.866. The molecule has 0 aliphatic carbocycles. The van der Waals surface area contributed by atoms with E-state index < -0.39 is 12.6 Å². The molecule has 0 aliphatic rings. The molecule has 12 heavy (non-hydrogen) atoms. The van der Waals surface area contributed by atoms with Crippen LogP contribution in [0.2, 0.25) is 0 Å². The van der Waals surface area contributed by atoms with Gasteiger partial charge in [0.15, 0.2) is 0 Å². The third-order valence-corrected chi connectivity index (χ3v) is 1.54. The molecule has 2 nitrogen and oxygen atoms in total. The Hall–Kier alpha value is -1.00. The van der Waals surface area contributed by atoms with Crippen molar-refractivity contribution in [2.24, 2.45) is 0 Å². The highest BCUT2D eigenvalue weighted by atomic mass is 19.4. The maximum absolute atomic E-state index is 11.7. The summed E-state index contributed by atoms with van der Waals surface area (Å²) in [5.74, 6) is 0. The van der Waals surface area contributed by atoms with Gasteiger partial charge in [-0.05, 0) is 13.0 Å². The van der Waals surface area contributed by atoms with Crippen LogP contribution < -0.4 is 0 Å².